The molecule has 0 aliphatic carbocycles. The molecule has 1 aliphatic heterocycles. The van der Waals surface area contributed by atoms with Gasteiger partial charge in [-0.05, 0) is 26.0 Å². The van der Waals surface area contributed by atoms with Gasteiger partial charge >= 0.3 is 0 Å². The topological polar surface area (TPSA) is 46.6 Å². The van der Waals surface area contributed by atoms with Crippen LogP contribution in [0, 0.1) is 6.92 Å². The van der Waals surface area contributed by atoms with Gasteiger partial charge < -0.3 is 0 Å². The molecule has 7 heteroatoms. The Morgan fingerprint density at radius 2 is 1.85 bits per heavy atom. The summed E-state index contributed by atoms with van der Waals surface area (Å²) in [6, 6.07) is 6.73. The molecule has 1 fully saturated rings. The fourth-order valence-electron chi connectivity index (χ4n) is 1.91. The molecular weight excluding hydrogens is 314 g/mol. The molecule has 4 nitrogen and oxygen atoms in total. The van der Waals surface area contributed by atoms with E-state index in [0.29, 0.717) is 6.54 Å². The highest BCUT2D eigenvalue weighted by Crippen LogP contribution is 2.22. The van der Waals surface area contributed by atoms with Crippen molar-refractivity contribution in [2.24, 2.45) is 0 Å². The Morgan fingerprint density at radius 3 is 2.45 bits per heavy atom. The van der Waals surface area contributed by atoms with Gasteiger partial charge in [0.1, 0.15) is 0 Å². The van der Waals surface area contributed by atoms with Crippen molar-refractivity contribution in [1.29, 1.82) is 0 Å². The quantitative estimate of drug-likeness (QED) is 0.772. The first kappa shape index (κ1) is 16.2. The highest BCUT2D eigenvalue weighted by Gasteiger charge is 2.21. The molecule has 0 saturated carbocycles. The molecule has 0 N–H and O–H groups in total. The maximum absolute atomic E-state index is 12.1. The van der Waals surface area contributed by atoms with E-state index < -0.39 is 10.1 Å². The second kappa shape index (κ2) is 7.17. The van der Waals surface area contributed by atoms with Crippen LogP contribution in [0.5, 0.6) is 0 Å². The molecule has 0 bridgehead atoms. The zero-order valence-corrected chi connectivity index (χ0v) is 14.1. The Bertz CT molecular complexity index is 524. The third kappa shape index (κ3) is 4.66. The van der Waals surface area contributed by atoms with Crippen molar-refractivity contribution in [3.63, 3.8) is 0 Å². The predicted molar refractivity (Wildman–Crippen MR) is 85.4 cm³/mol. The third-order valence-corrected chi connectivity index (χ3v) is 6.69. The molecular formula is C13H19NO3S3. The van der Waals surface area contributed by atoms with E-state index in [1.807, 2.05) is 30.4 Å². The van der Waals surface area contributed by atoms with Gasteiger partial charge in [0, 0.05) is 23.4 Å². The van der Waals surface area contributed by atoms with Gasteiger partial charge in [0.25, 0.3) is 10.1 Å². The van der Waals surface area contributed by atoms with Crippen LogP contribution in [-0.2, 0) is 14.3 Å². The van der Waals surface area contributed by atoms with E-state index in [-0.39, 0.29) is 11.0 Å². The molecule has 20 heavy (non-hydrogen) atoms. The van der Waals surface area contributed by atoms with Crippen molar-refractivity contribution in [3.05, 3.63) is 29.8 Å². The Hall–Kier alpha value is -0.210. The van der Waals surface area contributed by atoms with Crippen LogP contribution in [0.2, 0.25) is 0 Å². The van der Waals surface area contributed by atoms with Gasteiger partial charge in [0.2, 0.25) is 0 Å². The number of aryl methyl sites for hydroxylation is 1. The minimum absolute atomic E-state index is 0.220. The second-order valence-corrected chi connectivity index (χ2v) is 8.66. The van der Waals surface area contributed by atoms with Crippen LogP contribution in [0.4, 0.5) is 0 Å². The maximum atomic E-state index is 12.1. The third-order valence-electron chi connectivity index (χ3n) is 2.83. The second-order valence-electron chi connectivity index (χ2n) is 4.81. The summed E-state index contributed by atoms with van der Waals surface area (Å²) in [5, 5.41) is 1.10. The van der Waals surface area contributed by atoms with Crippen molar-refractivity contribution in [1.82, 2.24) is 4.90 Å². The molecule has 1 saturated heterocycles. The molecule has 112 valence electrons. The number of thioether (sulfide) groups is 2. The maximum Gasteiger partial charge on any atom is 0.297 e. The first-order chi connectivity index (χ1) is 9.47. The van der Waals surface area contributed by atoms with Crippen molar-refractivity contribution in [3.8, 4) is 0 Å². The Labute approximate surface area is 129 Å². The van der Waals surface area contributed by atoms with Crippen molar-refractivity contribution in [2.45, 2.75) is 24.8 Å². The summed E-state index contributed by atoms with van der Waals surface area (Å²) in [6.07, 6.45) is -0.347. The molecule has 1 atom stereocenters. The number of benzene rings is 1. The standard InChI is InChI=1S/C13H19NO3S3/c1-11-3-5-13(6-4-11)20(15,16)17-12(2)7-14-8-18-10-19-9-14/h3-6,12H,7-10H2,1-2H3. The smallest absolute Gasteiger partial charge is 0.282 e. The number of hydrogen-bond acceptors (Lipinski definition) is 6. The van der Waals surface area contributed by atoms with E-state index in [2.05, 4.69) is 4.90 Å². The van der Waals surface area contributed by atoms with E-state index in [0.717, 1.165) is 22.4 Å². The fraction of sp³-hybridized carbons (Fsp3) is 0.538. The molecule has 0 radical (unpaired) electrons. The van der Waals surface area contributed by atoms with Gasteiger partial charge in [0.15, 0.2) is 0 Å². The highest BCUT2D eigenvalue weighted by molar-refractivity contribution is 8.16. The van der Waals surface area contributed by atoms with Gasteiger partial charge in [-0.15, -0.1) is 23.5 Å². The summed E-state index contributed by atoms with van der Waals surface area (Å²) in [6.45, 7) is 4.35. The summed E-state index contributed by atoms with van der Waals surface area (Å²) < 4.78 is 29.6. The molecule has 1 heterocycles. The Kier molecular flexibility index (Phi) is 5.80. The first-order valence-electron chi connectivity index (χ1n) is 6.35. The van der Waals surface area contributed by atoms with E-state index in [1.165, 1.54) is 0 Å². The molecule has 2 rings (SSSR count). The average molecular weight is 334 g/mol. The summed E-state index contributed by atoms with van der Waals surface area (Å²) >= 11 is 3.69. The Morgan fingerprint density at radius 1 is 1.25 bits per heavy atom. The molecule has 1 aromatic rings. The molecule has 1 aromatic carbocycles. The predicted octanol–water partition coefficient (Wildman–Crippen LogP) is 2.74. The summed E-state index contributed by atoms with van der Waals surface area (Å²) in [4.78, 5) is 2.42. The summed E-state index contributed by atoms with van der Waals surface area (Å²) in [5.74, 6) is 1.87. The summed E-state index contributed by atoms with van der Waals surface area (Å²) in [7, 11) is -3.67. The Balaban J connectivity index is 1.95. The molecule has 0 spiro atoms. The number of hydrogen-bond donors (Lipinski definition) is 0. The monoisotopic (exact) mass is 333 g/mol. The van der Waals surface area contributed by atoms with E-state index in [1.54, 1.807) is 31.2 Å². The van der Waals surface area contributed by atoms with Crippen molar-refractivity contribution in [2.75, 3.05) is 23.4 Å². The zero-order valence-electron chi connectivity index (χ0n) is 11.6. The average Bonchev–Trinajstić information content (AvgIpc) is 2.39. The fourth-order valence-corrected chi connectivity index (χ4v) is 5.07. The zero-order chi connectivity index (χ0) is 14.6. The first-order valence-corrected chi connectivity index (χ1v) is 10.1. The summed E-state index contributed by atoms with van der Waals surface area (Å²) in [5.41, 5.74) is 1.03. The van der Waals surface area contributed by atoms with Crippen LogP contribution in [-0.4, -0.2) is 42.8 Å². The lowest BCUT2D eigenvalue weighted by molar-refractivity contribution is 0.177. The SMILES string of the molecule is Cc1ccc(S(=O)(=O)OC(C)CN2CSCSC2)cc1. The molecule has 1 aliphatic rings. The molecule has 0 amide bonds. The van der Waals surface area contributed by atoms with Gasteiger partial charge in [-0.1, -0.05) is 17.7 Å². The normalized spacial score (nSPS) is 18.9. The van der Waals surface area contributed by atoms with E-state index >= 15 is 0 Å². The van der Waals surface area contributed by atoms with Crippen LogP contribution in [0.25, 0.3) is 0 Å². The number of rotatable bonds is 5. The van der Waals surface area contributed by atoms with Gasteiger partial charge in [0.05, 0.1) is 11.0 Å². The van der Waals surface area contributed by atoms with Gasteiger partial charge in [-0.2, -0.15) is 8.42 Å². The lowest BCUT2D eigenvalue weighted by atomic mass is 10.2. The van der Waals surface area contributed by atoms with Crippen LogP contribution in [0.3, 0.4) is 0 Å². The van der Waals surface area contributed by atoms with Crippen LogP contribution in [0.1, 0.15) is 12.5 Å². The largest absolute Gasteiger partial charge is 0.297 e. The minimum Gasteiger partial charge on any atom is -0.282 e. The molecule has 1 unspecified atom stereocenters. The van der Waals surface area contributed by atoms with E-state index in [9.17, 15) is 8.42 Å². The van der Waals surface area contributed by atoms with Crippen LogP contribution >= 0.6 is 23.5 Å². The molecule has 0 aromatic heterocycles. The van der Waals surface area contributed by atoms with Crippen LogP contribution < -0.4 is 0 Å². The van der Waals surface area contributed by atoms with Crippen LogP contribution in [0.15, 0.2) is 29.2 Å². The number of nitrogens with zero attached hydrogens (tertiary/aromatic N) is 1. The van der Waals surface area contributed by atoms with E-state index in [4.69, 9.17) is 4.18 Å². The lowest BCUT2D eigenvalue weighted by Gasteiger charge is -2.27. The lowest BCUT2D eigenvalue weighted by Crippen LogP contribution is -2.34. The minimum atomic E-state index is -3.67. The highest BCUT2D eigenvalue weighted by atomic mass is 32.2. The van der Waals surface area contributed by atoms with Crippen molar-refractivity contribution >= 4 is 33.6 Å². The van der Waals surface area contributed by atoms with Gasteiger partial charge in [-0.3, -0.25) is 9.08 Å². The van der Waals surface area contributed by atoms with Gasteiger partial charge in [-0.25, -0.2) is 0 Å². The van der Waals surface area contributed by atoms with Crippen molar-refractivity contribution < 1.29 is 12.6 Å².